The molecule has 0 aromatic heterocycles. The van der Waals surface area contributed by atoms with E-state index in [0.717, 1.165) is 23.8 Å². The number of alkyl halides is 3. The number of methoxy groups -OCH3 is 1. The molecule has 0 amide bonds. The highest BCUT2D eigenvalue weighted by Gasteiger charge is 2.34. The quantitative estimate of drug-likeness (QED) is 0.586. The van der Waals surface area contributed by atoms with Crippen LogP contribution in [0.5, 0.6) is 0 Å². The fourth-order valence-corrected chi connectivity index (χ4v) is 3.27. The van der Waals surface area contributed by atoms with Gasteiger partial charge in [-0.1, -0.05) is 47.5 Å². The number of carbonyl (C=O) groups excluding carboxylic acids is 1. The summed E-state index contributed by atoms with van der Waals surface area (Å²) in [7, 11) is 1.29. The molecule has 3 nitrogen and oxygen atoms in total. The van der Waals surface area contributed by atoms with E-state index < -0.39 is 29.5 Å². The molecule has 28 heavy (non-hydrogen) atoms. The van der Waals surface area contributed by atoms with Crippen LogP contribution in [0.2, 0.25) is 10.0 Å². The van der Waals surface area contributed by atoms with Gasteiger partial charge in [-0.15, -0.1) is 0 Å². The lowest BCUT2D eigenvalue weighted by molar-refractivity contribution is -0.137. The Hall–Kier alpha value is -2.07. The summed E-state index contributed by atoms with van der Waals surface area (Å²) in [5, 5.41) is 10.0. The molecule has 0 N–H and O–H groups in total. The van der Waals surface area contributed by atoms with Gasteiger partial charge in [0.15, 0.2) is 5.78 Å². The summed E-state index contributed by atoms with van der Waals surface area (Å²) in [6.07, 6.45) is -5.61. The largest absolute Gasteiger partial charge is 0.416 e. The molecule has 2 atom stereocenters. The third kappa shape index (κ3) is 4.85. The molecule has 2 aromatic rings. The van der Waals surface area contributed by atoms with Crippen LogP contribution in [-0.4, -0.2) is 19.0 Å². The summed E-state index contributed by atoms with van der Waals surface area (Å²) in [6, 6.07) is 9.29. The second-order valence-electron chi connectivity index (χ2n) is 6.17. The predicted octanol–water partition coefficient (Wildman–Crippen LogP) is 5.75. The highest BCUT2D eigenvalue weighted by atomic mass is 35.5. The Labute approximate surface area is 170 Å². The van der Waals surface area contributed by atoms with Crippen molar-refractivity contribution in [1.29, 1.82) is 5.26 Å². The van der Waals surface area contributed by atoms with Crippen molar-refractivity contribution in [2.24, 2.45) is 0 Å². The number of ketones is 1. The highest BCUT2D eigenvalue weighted by molar-refractivity contribution is 6.42. The van der Waals surface area contributed by atoms with Gasteiger partial charge in [0.05, 0.1) is 21.7 Å². The lowest BCUT2D eigenvalue weighted by Crippen LogP contribution is -2.30. The van der Waals surface area contributed by atoms with E-state index in [-0.39, 0.29) is 17.0 Å². The monoisotopic (exact) mass is 429 g/mol. The molecule has 0 bridgehead atoms. The van der Waals surface area contributed by atoms with Crippen LogP contribution in [0.25, 0.3) is 0 Å². The van der Waals surface area contributed by atoms with E-state index in [9.17, 15) is 23.2 Å². The molecule has 0 radical (unpaired) electrons. The average molecular weight is 430 g/mol. The molecular weight excluding hydrogens is 414 g/mol. The van der Waals surface area contributed by atoms with E-state index in [1.807, 2.05) is 0 Å². The topological polar surface area (TPSA) is 50.1 Å². The van der Waals surface area contributed by atoms with Crippen molar-refractivity contribution in [3.63, 3.8) is 0 Å². The van der Waals surface area contributed by atoms with Gasteiger partial charge < -0.3 is 4.74 Å². The molecule has 0 heterocycles. The van der Waals surface area contributed by atoms with Crippen LogP contribution in [0.3, 0.4) is 0 Å². The second-order valence-corrected chi connectivity index (χ2v) is 6.96. The number of hydrogen-bond donors (Lipinski definition) is 0. The molecule has 148 valence electrons. The van der Waals surface area contributed by atoms with Crippen LogP contribution in [0.4, 0.5) is 13.2 Å². The normalized spacial score (nSPS) is 13.6. The number of nitrogens with zero attached hydrogens (tertiary/aromatic N) is 1. The number of rotatable bonds is 6. The number of ether oxygens (including phenoxy) is 1. The van der Waals surface area contributed by atoms with Crippen LogP contribution in [0.15, 0.2) is 36.4 Å². The molecule has 0 aliphatic rings. The minimum Gasteiger partial charge on any atom is -0.373 e. The lowest BCUT2D eigenvalue weighted by Gasteiger charge is -2.20. The van der Waals surface area contributed by atoms with E-state index >= 15 is 0 Å². The van der Waals surface area contributed by atoms with Crippen molar-refractivity contribution in [2.45, 2.75) is 31.5 Å². The van der Waals surface area contributed by atoms with Crippen molar-refractivity contribution < 1.29 is 22.7 Å². The summed E-state index contributed by atoms with van der Waals surface area (Å²) in [4.78, 5) is 12.9. The number of benzene rings is 2. The molecule has 2 aromatic carbocycles. The first-order valence-electron chi connectivity index (χ1n) is 8.17. The van der Waals surface area contributed by atoms with E-state index in [0.29, 0.717) is 10.6 Å². The standard InChI is InChI=1S/C20H16Cl2F3NO2/c1-11-6-7-16(21)18(22)14(11)9-17(28-2)19(27)15(10-26)12-4-3-5-13(8-12)20(23,24)25/h3-8,15,17H,9H2,1-2H3. The zero-order valence-electron chi connectivity index (χ0n) is 15.0. The fraction of sp³-hybridized carbons (Fsp3) is 0.300. The summed E-state index contributed by atoms with van der Waals surface area (Å²) in [5.74, 6) is -2.06. The number of carbonyl (C=O) groups is 1. The van der Waals surface area contributed by atoms with E-state index in [1.54, 1.807) is 25.1 Å². The first-order chi connectivity index (χ1) is 13.1. The number of aryl methyl sites for hydroxylation is 1. The molecular formula is C20H16Cl2F3NO2. The highest BCUT2D eigenvalue weighted by Crippen LogP contribution is 2.33. The first-order valence-corrected chi connectivity index (χ1v) is 8.92. The van der Waals surface area contributed by atoms with Gasteiger partial charge in [0, 0.05) is 13.5 Å². The molecule has 0 spiro atoms. The Kier molecular flexibility index (Phi) is 7.11. The average Bonchev–Trinajstić information content (AvgIpc) is 2.65. The predicted molar refractivity (Wildman–Crippen MR) is 101 cm³/mol. The first kappa shape index (κ1) is 22.2. The Balaban J connectivity index is 2.36. The van der Waals surface area contributed by atoms with Crippen molar-refractivity contribution in [3.8, 4) is 6.07 Å². The Morgan fingerprint density at radius 1 is 1.25 bits per heavy atom. The minimum atomic E-state index is -4.58. The van der Waals surface area contributed by atoms with Gasteiger partial charge >= 0.3 is 6.18 Å². The molecule has 0 aliphatic heterocycles. The Morgan fingerprint density at radius 2 is 1.93 bits per heavy atom. The number of nitriles is 1. The van der Waals surface area contributed by atoms with Crippen LogP contribution in [-0.2, 0) is 22.1 Å². The van der Waals surface area contributed by atoms with Crippen molar-refractivity contribution >= 4 is 29.0 Å². The van der Waals surface area contributed by atoms with Gasteiger partial charge in [-0.25, -0.2) is 0 Å². The molecule has 0 fully saturated rings. The van der Waals surface area contributed by atoms with Crippen molar-refractivity contribution in [2.75, 3.05) is 7.11 Å². The molecule has 0 saturated carbocycles. The third-order valence-electron chi connectivity index (χ3n) is 4.38. The van der Waals surface area contributed by atoms with Crippen molar-refractivity contribution in [3.05, 3.63) is 68.7 Å². The minimum absolute atomic E-state index is 0.0394. The smallest absolute Gasteiger partial charge is 0.373 e. The summed E-state index contributed by atoms with van der Waals surface area (Å²) in [5.41, 5.74) is 0.381. The molecule has 0 saturated heterocycles. The third-order valence-corrected chi connectivity index (χ3v) is 5.23. The Morgan fingerprint density at radius 3 is 2.50 bits per heavy atom. The van der Waals surface area contributed by atoms with Crippen LogP contribution >= 0.6 is 23.2 Å². The van der Waals surface area contributed by atoms with Crippen LogP contribution in [0, 0.1) is 18.3 Å². The van der Waals surface area contributed by atoms with E-state index in [1.165, 1.54) is 13.2 Å². The number of halogens is 5. The lowest BCUT2D eigenvalue weighted by atomic mass is 9.89. The van der Waals surface area contributed by atoms with E-state index in [4.69, 9.17) is 27.9 Å². The van der Waals surface area contributed by atoms with Gasteiger partial charge in [-0.05, 0) is 35.7 Å². The zero-order valence-corrected chi connectivity index (χ0v) is 16.5. The molecule has 2 rings (SSSR count). The number of Topliss-reactive ketones (excluding diaryl/α,β-unsaturated/α-hetero) is 1. The second kappa shape index (κ2) is 8.95. The maximum atomic E-state index is 13.0. The van der Waals surface area contributed by atoms with Crippen molar-refractivity contribution in [1.82, 2.24) is 0 Å². The Bertz CT molecular complexity index is 923. The van der Waals surface area contributed by atoms with Gasteiger partial charge in [-0.2, -0.15) is 18.4 Å². The van der Waals surface area contributed by atoms with Crippen LogP contribution < -0.4 is 0 Å². The SMILES string of the molecule is COC(Cc1c(C)ccc(Cl)c1Cl)C(=O)C(C#N)c1cccc(C(F)(F)F)c1. The molecule has 8 heteroatoms. The number of hydrogen-bond acceptors (Lipinski definition) is 3. The summed E-state index contributed by atoms with van der Waals surface area (Å²) < 4.78 is 44.1. The molecule has 0 aliphatic carbocycles. The maximum absolute atomic E-state index is 13.0. The van der Waals surface area contributed by atoms with Gasteiger partial charge in [0.25, 0.3) is 0 Å². The molecule has 2 unspecified atom stereocenters. The van der Waals surface area contributed by atoms with Gasteiger partial charge in [0.2, 0.25) is 0 Å². The summed E-state index contributed by atoms with van der Waals surface area (Å²) >= 11 is 12.2. The van der Waals surface area contributed by atoms with Crippen LogP contribution in [0.1, 0.15) is 28.2 Å². The van der Waals surface area contributed by atoms with Gasteiger partial charge in [0.1, 0.15) is 12.0 Å². The maximum Gasteiger partial charge on any atom is 0.416 e. The van der Waals surface area contributed by atoms with E-state index in [2.05, 4.69) is 0 Å². The van der Waals surface area contributed by atoms with Gasteiger partial charge in [-0.3, -0.25) is 4.79 Å². The fourth-order valence-electron chi connectivity index (χ4n) is 2.81. The zero-order chi connectivity index (χ0) is 21.1. The summed E-state index contributed by atoms with van der Waals surface area (Å²) in [6.45, 7) is 1.78.